The van der Waals surface area contributed by atoms with Gasteiger partial charge in [-0.25, -0.2) is 0 Å². The molecule has 0 saturated heterocycles. The van der Waals surface area contributed by atoms with E-state index >= 15 is 0 Å². The number of hydrogen-bond acceptors (Lipinski definition) is 4. The number of hydrogen-bond donors (Lipinski definition) is 2. The van der Waals surface area contributed by atoms with Crippen LogP contribution in [0.1, 0.15) is 26.1 Å². The van der Waals surface area contributed by atoms with Gasteiger partial charge in [0.05, 0.1) is 5.75 Å². The minimum atomic E-state index is -0.343. The van der Waals surface area contributed by atoms with Crippen molar-refractivity contribution in [1.29, 1.82) is 0 Å². The van der Waals surface area contributed by atoms with Crippen molar-refractivity contribution in [3.8, 4) is 17.0 Å². The van der Waals surface area contributed by atoms with Crippen molar-refractivity contribution in [3.63, 3.8) is 0 Å². The summed E-state index contributed by atoms with van der Waals surface area (Å²) in [4.78, 5) is 19.0. The van der Waals surface area contributed by atoms with Gasteiger partial charge in [-0.3, -0.25) is 4.79 Å². The molecule has 0 aliphatic heterocycles. The molecule has 0 amide bonds. The molecule has 2 rings (SSSR count). The Bertz CT molecular complexity index is 670. The molecule has 2 aromatic rings. The number of aromatic nitrogens is 2. The van der Waals surface area contributed by atoms with Gasteiger partial charge in [-0.15, -0.1) is 0 Å². The highest BCUT2D eigenvalue weighted by molar-refractivity contribution is 7.99. The highest BCUT2D eigenvalue weighted by atomic mass is 35.5. The summed E-state index contributed by atoms with van der Waals surface area (Å²) < 4.78 is 0. The zero-order chi connectivity index (χ0) is 15.4. The number of H-pyrrole nitrogens is 1. The number of aromatic amines is 1. The molecule has 1 aromatic carbocycles. The smallest absolute Gasteiger partial charge is 0.262 e. The maximum Gasteiger partial charge on any atom is 0.262 e. The van der Waals surface area contributed by atoms with Crippen LogP contribution in [0.4, 0.5) is 0 Å². The van der Waals surface area contributed by atoms with Crippen LogP contribution < -0.4 is 5.56 Å². The van der Waals surface area contributed by atoms with Crippen molar-refractivity contribution in [2.24, 2.45) is 0 Å². The largest absolute Gasteiger partial charge is 0.493 e. The van der Waals surface area contributed by atoms with Crippen LogP contribution in [-0.4, -0.2) is 20.3 Å². The SMILES string of the molecule is CCC(C)SCc1nc(O)c(-c2ccc(Cl)cc2)c(=O)[nH]1. The van der Waals surface area contributed by atoms with Crippen LogP contribution in [0.15, 0.2) is 29.1 Å². The van der Waals surface area contributed by atoms with Crippen LogP contribution in [0.3, 0.4) is 0 Å². The van der Waals surface area contributed by atoms with Crippen LogP contribution in [0.5, 0.6) is 5.88 Å². The van der Waals surface area contributed by atoms with Gasteiger partial charge in [0, 0.05) is 10.3 Å². The van der Waals surface area contributed by atoms with Gasteiger partial charge < -0.3 is 10.1 Å². The second-order valence-electron chi connectivity index (χ2n) is 4.75. The molecule has 4 nitrogen and oxygen atoms in total. The molecule has 0 fully saturated rings. The van der Waals surface area contributed by atoms with Gasteiger partial charge in [-0.2, -0.15) is 16.7 Å². The Balaban J connectivity index is 2.29. The third-order valence-corrected chi connectivity index (χ3v) is 4.76. The zero-order valence-corrected chi connectivity index (χ0v) is 13.5. The number of nitrogens with zero attached hydrogens (tertiary/aromatic N) is 1. The van der Waals surface area contributed by atoms with E-state index < -0.39 is 0 Å². The van der Waals surface area contributed by atoms with E-state index in [4.69, 9.17) is 11.6 Å². The number of nitrogens with one attached hydrogen (secondary N) is 1. The maximum atomic E-state index is 12.2. The van der Waals surface area contributed by atoms with Crippen LogP contribution in [-0.2, 0) is 5.75 Å². The fraction of sp³-hybridized carbons (Fsp3) is 0.333. The van der Waals surface area contributed by atoms with Crippen molar-refractivity contribution in [2.45, 2.75) is 31.3 Å². The van der Waals surface area contributed by atoms with E-state index in [9.17, 15) is 9.90 Å². The number of benzene rings is 1. The fourth-order valence-corrected chi connectivity index (χ4v) is 2.73. The molecular formula is C15H17ClN2O2S. The van der Waals surface area contributed by atoms with E-state index in [1.54, 1.807) is 36.0 Å². The Morgan fingerprint density at radius 1 is 1.38 bits per heavy atom. The van der Waals surface area contributed by atoms with E-state index in [1.807, 2.05) is 0 Å². The molecule has 1 unspecified atom stereocenters. The van der Waals surface area contributed by atoms with Gasteiger partial charge in [-0.1, -0.05) is 37.6 Å². The zero-order valence-electron chi connectivity index (χ0n) is 11.9. The first-order valence-electron chi connectivity index (χ1n) is 6.71. The fourth-order valence-electron chi connectivity index (χ4n) is 1.79. The van der Waals surface area contributed by atoms with Crippen molar-refractivity contribution in [1.82, 2.24) is 9.97 Å². The highest BCUT2D eigenvalue weighted by Crippen LogP contribution is 2.26. The monoisotopic (exact) mass is 324 g/mol. The average molecular weight is 325 g/mol. The lowest BCUT2D eigenvalue weighted by Gasteiger charge is -2.09. The highest BCUT2D eigenvalue weighted by Gasteiger charge is 2.13. The molecule has 1 atom stereocenters. The van der Waals surface area contributed by atoms with E-state index in [0.29, 0.717) is 27.4 Å². The second kappa shape index (κ2) is 7.00. The lowest BCUT2D eigenvalue weighted by molar-refractivity contribution is 0.451. The molecule has 112 valence electrons. The van der Waals surface area contributed by atoms with Gasteiger partial charge in [0.2, 0.25) is 5.88 Å². The number of rotatable bonds is 5. The summed E-state index contributed by atoms with van der Waals surface area (Å²) in [5.41, 5.74) is 0.417. The molecule has 1 heterocycles. The van der Waals surface area contributed by atoms with Crippen LogP contribution in [0.25, 0.3) is 11.1 Å². The Kier molecular flexibility index (Phi) is 5.31. The topological polar surface area (TPSA) is 66.0 Å². The Morgan fingerprint density at radius 3 is 2.62 bits per heavy atom. The lowest BCUT2D eigenvalue weighted by atomic mass is 10.1. The van der Waals surface area contributed by atoms with E-state index in [2.05, 4.69) is 23.8 Å². The van der Waals surface area contributed by atoms with Gasteiger partial charge in [-0.05, 0) is 24.1 Å². The van der Waals surface area contributed by atoms with Crippen LogP contribution >= 0.6 is 23.4 Å². The van der Waals surface area contributed by atoms with Crippen LogP contribution in [0, 0.1) is 0 Å². The molecule has 0 spiro atoms. The van der Waals surface area contributed by atoms with Crippen molar-refractivity contribution in [2.75, 3.05) is 0 Å². The van der Waals surface area contributed by atoms with Gasteiger partial charge >= 0.3 is 0 Å². The van der Waals surface area contributed by atoms with Crippen molar-refractivity contribution < 1.29 is 5.11 Å². The molecular weight excluding hydrogens is 308 g/mol. The summed E-state index contributed by atoms with van der Waals surface area (Å²) in [7, 11) is 0. The van der Waals surface area contributed by atoms with Crippen LogP contribution in [0.2, 0.25) is 5.02 Å². The van der Waals surface area contributed by atoms with E-state index in [-0.39, 0.29) is 17.0 Å². The maximum absolute atomic E-state index is 12.2. The Labute approximate surface area is 132 Å². The normalized spacial score (nSPS) is 12.3. The first-order valence-corrected chi connectivity index (χ1v) is 8.13. The summed E-state index contributed by atoms with van der Waals surface area (Å²) in [5, 5.41) is 11.1. The Hall–Kier alpha value is -1.46. The summed E-state index contributed by atoms with van der Waals surface area (Å²) >= 11 is 7.51. The number of aromatic hydroxyl groups is 1. The quantitative estimate of drug-likeness (QED) is 0.877. The predicted octanol–water partition coefficient (Wildman–Crippen LogP) is 3.83. The number of halogens is 1. The number of thioether (sulfide) groups is 1. The molecule has 0 radical (unpaired) electrons. The summed E-state index contributed by atoms with van der Waals surface area (Å²) in [5.74, 6) is 0.806. The van der Waals surface area contributed by atoms with E-state index in [0.717, 1.165) is 6.42 Å². The molecule has 2 N–H and O–H groups in total. The first kappa shape index (κ1) is 15.9. The van der Waals surface area contributed by atoms with E-state index in [1.165, 1.54) is 0 Å². The molecule has 21 heavy (non-hydrogen) atoms. The minimum absolute atomic E-state index is 0.170. The third-order valence-electron chi connectivity index (χ3n) is 3.16. The lowest BCUT2D eigenvalue weighted by Crippen LogP contribution is -2.14. The standard InChI is InChI=1S/C15H17ClN2O2S/c1-3-9(2)21-8-12-17-14(19)13(15(20)18-12)10-4-6-11(16)7-5-10/h4-7,9H,3,8H2,1-2H3,(H2,17,18,19,20). The van der Waals surface area contributed by atoms with Gasteiger partial charge in [0.25, 0.3) is 5.56 Å². The first-order chi connectivity index (χ1) is 10.0. The van der Waals surface area contributed by atoms with Gasteiger partial charge in [0.15, 0.2) is 0 Å². The third kappa shape index (κ3) is 4.02. The molecule has 6 heteroatoms. The molecule has 0 aliphatic carbocycles. The Morgan fingerprint density at radius 2 is 2.05 bits per heavy atom. The summed E-state index contributed by atoms with van der Waals surface area (Å²) in [6, 6.07) is 6.70. The predicted molar refractivity (Wildman–Crippen MR) is 88.0 cm³/mol. The molecule has 0 bridgehead atoms. The summed E-state index contributed by atoms with van der Waals surface area (Å²) in [6.07, 6.45) is 1.05. The average Bonchev–Trinajstić information content (AvgIpc) is 2.46. The molecule has 0 saturated carbocycles. The summed E-state index contributed by atoms with van der Waals surface area (Å²) in [6.45, 7) is 4.22. The second-order valence-corrected chi connectivity index (χ2v) is 6.61. The van der Waals surface area contributed by atoms with Gasteiger partial charge in [0.1, 0.15) is 11.4 Å². The molecule has 0 aliphatic rings. The van der Waals surface area contributed by atoms with Crippen molar-refractivity contribution in [3.05, 3.63) is 45.5 Å². The van der Waals surface area contributed by atoms with Crippen molar-refractivity contribution >= 4 is 23.4 Å². The minimum Gasteiger partial charge on any atom is -0.493 e. The molecule has 1 aromatic heterocycles.